The molecule has 2 heterocycles. The zero-order chi connectivity index (χ0) is 14.0. The number of carbonyl (C=O) groups excluding carboxylic acids is 2. The molecular weight excluding hydrogens is 264 g/mol. The fourth-order valence-electron chi connectivity index (χ4n) is 1.64. The Bertz CT molecular complexity index is 629. The normalized spacial score (nSPS) is 10.4. The molecule has 0 aliphatic rings. The molecule has 2 aromatic rings. The van der Waals surface area contributed by atoms with Crippen LogP contribution < -0.4 is 11.1 Å². The van der Waals surface area contributed by atoms with Crippen molar-refractivity contribution in [3.8, 4) is 0 Å². The van der Waals surface area contributed by atoms with Gasteiger partial charge in [-0.1, -0.05) is 0 Å². The predicted octanol–water partition coefficient (Wildman–Crippen LogP) is 2.00. The highest BCUT2D eigenvalue weighted by atomic mass is 32.1. The molecule has 0 bridgehead atoms. The Balaban J connectivity index is 2.18. The van der Waals surface area contributed by atoms with Crippen LogP contribution in [0.1, 0.15) is 34.8 Å². The molecule has 0 saturated heterocycles. The number of nitrogen functional groups attached to an aromatic ring is 1. The van der Waals surface area contributed by atoms with Crippen LogP contribution in [0.3, 0.4) is 0 Å². The van der Waals surface area contributed by atoms with Crippen LogP contribution in [-0.4, -0.2) is 21.2 Å². The van der Waals surface area contributed by atoms with E-state index >= 15 is 0 Å². The molecule has 0 saturated carbocycles. The van der Waals surface area contributed by atoms with Crippen molar-refractivity contribution in [1.82, 2.24) is 9.55 Å². The molecule has 100 valence electrons. The van der Waals surface area contributed by atoms with Crippen LogP contribution >= 0.6 is 11.3 Å². The van der Waals surface area contributed by atoms with Crippen molar-refractivity contribution in [2.45, 2.75) is 20.4 Å². The maximum Gasteiger partial charge on any atom is 0.274 e. The summed E-state index contributed by atoms with van der Waals surface area (Å²) < 4.78 is 1.75. The quantitative estimate of drug-likeness (QED) is 0.837. The van der Waals surface area contributed by atoms with Gasteiger partial charge in [-0.15, -0.1) is 11.3 Å². The van der Waals surface area contributed by atoms with Crippen LogP contribution in [0.5, 0.6) is 0 Å². The number of carbonyl (C=O) groups is 2. The molecular formula is C12H14N4O2S. The maximum absolute atomic E-state index is 12.1. The Morgan fingerprint density at radius 1 is 1.53 bits per heavy atom. The van der Waals surface area contributed by atoms with E-state index < -0.39 is 0 Å². The largest absolute Gasteiger partial charge is 0.397 e. The molecule has 0 fully saturated rings. The average Bonchev–Trinajstić information content (AvgIpc) is 2.95. The molecule has 0 aliphatic heterocycles. The highest BCUT2D eigenvalue weighted by Gasteiger charge is 2.14. The van der Waals surface area contributed by atoms with Gasteiger partial charge in [-0.05, 0) is 13.0 Å². The smallest absolute Gasteiger partial charge is 0.274 e. The number of hydrogen-bond donors (Lipinski definition) is 2. The summed E-state index contributed by atoms with van der Waals surface area (Å²) in [7, 11) is 0. The number of amides is 1. The molecule has 2 rings (SSSR count). The van der Waals surface area contributed by atoms with E-state index in [1.807, 2.05) is 6.92 Å². The second-order valence-corrected chi connectivity index (χ2v) is 4.85. The first-order valence-electron chi connectivity index (χ1n) is 5.74. The molecule has 1 amide bonds. The molecule has 0 unspecified atom stereocenters. The second-order valence-electron chi connectivity index (χ2n) is 3.99. The van der Waals surface area contributed by atoms with E-state index in [-0.39, 0.29) is 11.7 Å². The molecule has 19 heavy (non-hydrogen) atoms. The first-order chi connectivity index (χ1) is 9.01. The zero-order valence-corrected chi connectivity index (χ0v) is 11.5. The average molecular weight is 278 g/mol. The van der Waals surface area contributed by atoms with Gasteiger partial charge in [-0.25, -0.2) is 4.98 Å². The summed E-state index contributed by atoms with van der Waals surface area (Å²) >= 11 is 1.22. The number of thiazole rings is 1. The van der Waals surface area contributed by atoms with Crippen molar-refractivity contribution in [3.63, 3.8) is 0 Å². The highest BCUT2D eigenvalue weighted by molar-refractivity contribution is 7.14. The van der Waals surface area contributed by atoms with Gasteiger partial charge in [0.05, 0.1) is 5.69 Å². The SMILES string of the molecule is CCn1cc(N)cc1C(=O)Nc1nc(C(C)=O)cs1. The Labute approximate surface area is 114 Å². The number of aromatic nitrogens is 2. The fraction of sp³-hybridized carbons (Fsp3) is 0.250. The number of rotatable bonds is 4. The first-order valence-corrected chi connectivity index (χ1v) is 6.62. The monoisotopic (exact) mass is 278 g/mol. The minimum absolute atomic E-state index is 0.127. The Morgan fingerprint density at radius 2 is 2.26 bits per heavy atom. The van der Waals surface area contributed by atoms with Crippen LogP contribution in [0.4, 0.5) is 10.8 Å². The van der Waals surface area contributed by atoms with Gasteiger partial charge in [0.2, 0.25) is 0 Å². The number of nitrogens with two attached hydrogens (primary N) is 1. The lowest BCUT2D eigenvalue weighted by atomic mass is 10.3. The lowest BCUT2D eigenvalue weighted by Crippen LogP contribution is -2.16. The van der Waals surface area contributed by atoms with Crippen molar-refractivity contribution in [2.75, 3.05) is 11.1 Å². The van der Waals surface area contributed by atoms with Gasteiger partial charge < -0.3 is 10.3 Å². The predicted molar refractivity (Wildman–Crippen MR) is 74.6 cm³/mol. The molecule has 0 spiro atoms. The minimum atomic E-state index is -0.289. The summed E-state index contributed by atoms with van der Waals surface area (Å²) in [5.74, 6) is -0.416. The standard InChI is InChI=1S/C12H14N4O2S/c1-3-16-5-8(13)4-10(16)11(18)15-12-14-9(6-19-12)7(2)17/h4-6H,3,13H2,1-2H3,(H,14,15,18). The molecule has 0 aromatic carbocycles. The number of anilines is 2. The van der Waals surface area contributed by atoms with E-state index in [0.29, 0.717) is 28.8 Å². The van der Waals surface area contributed by atoms with Gasteiger partial charge in [0.25, 0.3) is 5.91 Å². The summed E-state index contributed by atoms with van der Waals surface area (Å²) in [5.41, 5.74) is 7.03. The maximum atomic E-state index is 12.1. The van der Waals surface area contributed by atoms with E-state index in [9.17, 15) is 9.59 Å². The van der Waals surface area contributed by atoms with Gasteiger partial charge in [-0.3, -0.25) is 14.9 Å². The van der Waals surface area contributed by atoms with E-state index in [2.05, 4.69) is 10.3 Å². The lowest BCUT2D eigenvalue weighted by molar-refractivity contribution is 0.1000. The van der Waals surface area contributed by atoms with Crippen molar-refractivity contribution < 1.29 is 9.59 Å². The molecule has 0 aliphatic carbocycles. The Kier molecular flexibility index (Phi) is 3.66. The van der Waals surface area contributed by atoms with Gasteiger partial charge in [0, 0.05) is 25.0 Å². The zero-order valence-electron chi connectivity index (χ0n) is 10.6. The highest BCUT2D eigenvalue weighted by Crippen LogP contribution is 2.18. The van der Waals surface area contributed by atoms with E-state index in [1.54, 1.807) is 22.2 Å². The van der Waals surface area contributed by atoms with E-state index in [4.69, 9.17) is 5.73 Å². The second kappa shape index (κ2) is 5.23. The van der Waals surface area contributed by atoms with Crippen LogP contribution in [0.15, 0.2) is 17.6 Å². The molecule has 3 N–H and O–H groups in total. The van der Waals surface area contributed by atoms with Crippen molar-refractivity contribution in [1.29, 1.82) is 0 Å². The number of nitrogens with zero attached hydrogens (tertiary/aromatic N) is 2. The number of Topliss-reactive ketones (excluding diaryl/α,β-unsaturated/α-hetero) is 1. The van der Waals surface area contributed by atoms with Crippen molar-refractivity contribution >= 4 is 33.8 Å². The molecule has 7 heteroatoms. The molecule has 6 nitrogen and oxygen atoms in total. The van der Waals surface area contributed by atoms with Crippen molar-refractivity contribution in [2.24, 2.45) is 0 Å². The molecule has 2 aromatic heterocycles. The topological polar surface area (TPSA) is 90.0 Å². The third-order valence-corrected chi connectivity index (χ3v) is 3.33. The first kappa shape index (κ1) is 13.3. The fourth-order valence-corrected chi connectivity index (χ4v) is 2.38. The summed E-state index contributed by atoms with van der Waals surface area (Å²) in [5, 5.41) is 4.68. The van der Waals surface area contributed by atoms with Gasteiger partial charge in [0.15, 0.2) is 10.9 Å². The molecule has 0 atom stereocenters. The number of nitrogens with one attached hydrogen (secondary N) is 1. The Morgan fingerprint density at radius 3 is 2.84 bits per heavy atom. The number of ketones is 1. The van der Waals surface area contributed by atoms with Gasteiger partial charge >= 0.3 is 0 Å². The van der Waals surface area contributed by atoms with Crippen LogP contribution in [0, 0.1) is 0 Å². The summed E-state index contributed by atoms with van der Waals surface area (Å²) in [6.45, 7) is 4.01. The van der Waals surface area contributed by atoms with Crippen LogP contribution in [0.25, 0.3) is 0 Å². The Hall–Kier alpha value is -2.15. The summed E-state index contributed by atoms with van der Waals surface area (Å²) in [6, 6.07) is 1.61. The summed E-state index contributed by atoms with van der Waals surface area (Å²) in [6.07, 6.45) is 1.71. The van der Waals surface area contributed by atoms with E-state index in [0.717, 1.165) is 0 Å². The van der Waals surface area contributed by atoms with E-state index in [1.165, 1.54) is 18.3 Å². The van der Waals surface area contributed by atoms with Gasteiger partial charge in [-0.2, -0.15) is 0 Å². The summed E-state index contributed by atoms with van der Waals surface area (Å²) in [4.78, 5) is 27.2. The third-order valence-electron chi connectivity index (χ3n) is 2.58. The number of aryl methyl sites for hydroxylation is 1. The number of hydrogen-bond acceptors (Lipinski definition) is 5. The molecule has 0 radical (unpaired) electrons. The van der Waals surface area contributed by atoms with Gasteiger partial charge in [0.1, 0.15) is 11.4 Å². The van der Waals surface area contributed by atoms with Crippen LogP contribution in [0.2, 0.25) is 0 Å². The third kappa shape index (κ3) is 2.82. The van der Waals surface area contributed by atoms with Crippen LogP contribution in [-0.2, 0) is 6.54 Å². The lowest BCUT2D eigenvalue weighted by Gasteiger charge is -2.04. The van der Waals surface area contributed by atoms with Crippen molar-refractivity contribution in [3.05, 3.63) is 29.0 Å². The minimum Gasteiger partial charge on any atom is -0.397 e.